The molecule has 0 saturated heterocycles. The SMILES string of the molecule is C=CCc1ccc(C2CC2)c([N+](=O)[O-])c1. The summed E-state index contributed by atoms with van der Waals surface area (Å²) in [6, 6.07) is 5.53. The molecule has 1 aliphatic carbocycles. The molecule has 0 unspecified atom stereocenters. The van der Waals surface area contributed by atoms with E-state index in [1.807, 2.05) is 12.1 Å². The molecule has 0 bridgehead atoms. The molecule has 15 heavy (non-hydrogen) atoms. The number of allylic oxidation sites excluding steroid dienone is 1. The summed E-state index contributed by atoms with van der Waals surface area (Å²) in [7, 11) is 0. The van der Waals surface area contributed by atoms with Crippen LogP contribution in [0.3, 0.4) is 0 Å². The van der Waals surface area contributed by atoms with Gasteiger partial charge in [0.15, 0.2) is 0 Å². The standard InChI is InChI=1S/C12H13NO2/c1-2-3-9-4-7-11(10-5-6-10)12(8-9)13(14)15/h2,4,7-8,10H,1,3,5-6H2. The molecule has 1 aliphatic rings. The molecule has 0 atom stereocenters. The highest BCUT2D eigenvalue weighted by atomic mass is 16.6. The van der Waals surface area contributed by atoms with Crippen LogP contribution in [-0.2, 0) is 6.42 Å². The van der Waals surface area contributed by atoms with E-state index in [1.54, 1.807) is 12.1 Å². The van der Waals surface area contributed by atoms with Crippen molar-refractivity contribution in [2.75, 3.05) is 0 Å². The molecule has 0 spiro atoms. The third kappa shape index (κ3) is 2.06. The molecule has 0 aromatic heterocycles. The zero-order valence-corrected chi connectivity index (χ0v) is 8.48. The van der Waals surface area contributed by atoms with E-state index < -0.39 is 0 Å². The van der Waals surface area contributed by atoms with Crippen molar-refractivity contribution in [1.82, 2.24) is 0 Å². The monoisotopic (exact) mass is 203 g/mol. The number of hydrogen-bond donors (Lipinski definition) is 0. The van der Waals surface area contributed by atoms with Gasteiger partial charge in [0.2, 0.25) is 0 Å². The van der Waals surface area contributed by atoms with Crippen molar-refractivity contribution in [3.05, 3.63) is 52.1 Å². The highest BCUT2D eigenvalue weighted by Crippen LogP contribution is 2.44. The molecule has 1 saturated carbocycles. The van der Waals surface area contributed by atoms with Gasteiger partial charge >= 0.3 is 0 Å². The van der Waals surface area contributed by atoms with Gasteiger partial charge in [0, 0.05) is 11.6 Å². The minimum atomic E-state index is -0.278. The first-order chi connectivity index (χ1) is 7.22. The fraction of sp³-hybridized carbons (Fsp3) is 0.333. The first-order valence-corrected chi connectivity index (χ1v) is 5.10. The lowest BCUT2D eigenvalue weighted by molar-refractivity contribution is -0.385. The van der Waals surface area contributed by atoms with Crippen molar-refractivity contribution in [1.29, 1.82) is 0 Å². The van der Waals surface area contributed by atoms with Crippen molar-refractivity contribution in [3.8, 4) is 0 Å². The molecular weight excluding hydrogens is 190 g/mol. The first-order valence-electron chi connectivity index (χ1n) is 5.10. The normalized spacial score (nSPS) is 14.9. The van der Waals surface area contributed by atoms with Crippen LogP contribution in [0.15, 0.2) is 30.9 Å². The van der Waals surface area contributed by atoms with Gasteiger partial charge in [-0.3, -0.25) is 10.1 Å². The van der Waals surface area contributed by atoms with Crippen LogP contribution in [0.2, 0.25) is 0 Å². The van der Waals surface area contributed by atoms with E-state index >= 15 is 0 Å². The van der Waals surface area contributed by atoms with E-state index in [1.165, 1.54) is 0 Å². The van der Waals surface area contributed by atoms with Gasteiger partial charge in [0.05, 0.1) is 4.92 Å². The summed E-state index contributed by atoms with van der Waals surface area (Å²) < 4.78 is 0. The fourth-order valence-electron chi connectivity index (χ4n) is 1.78. The Hall–Kier alpha value is -1.64. The van der Waals surface area contributed by atoms with Crippen LogP contribution in [0.1, 0.15) is 29.9 Å². The molecule has 2 rings (SSSR count). The van der Waals surface area contributed by atoms with Gasteiger partial charge < -0.3 is 0 Å². The Bertz CT molecular complexity index is 408. The third-order valence-corrected chi connectivity index (χ3v) is 2.69. The Morgan fingerprint density at radius 3 is 2.80 bits per heavy atom. The number of benzene rings is 1. The number of hydrogen-bond acceptors (Lipinski definition) is 2. The minimum Gasteiger partial charge on any atom is -0.258 e. The fourth-order valence-corrected chi connectivity index (χ4v) is 1.78. The maximum absolute atomic E-state index is 10.9. The summed E-state index contributed by atoms with van der Waals surface area (Å²) in [5, 5.41) is 10.9. The van der Waals surface area contributed by atoms with Gasteiger partial charge in [-0.1, -0.05) is 18.2 Å². The lowest BCUT2D eigenvalue weighted by Gasteiger charge is -2.03. The minimum absolute atomic E-state index is 0.275. The van der Waals surface area contributed by atoms with E-state index in [0.29, 0.717) is 12.3 Å². The summed E-state index contributed by atoms with van der Waals surface area (Å²) in [6.07, 6.45) is 4.62. The average molecular weight is 203 g/mol. The molecule has 3 nitrogen and oxygen atoms in total. The van der Waals surface area contributed by atoms with Crippen molar-refractivity contribution in [2.24, 2.45) is 0 Å². The number of nitrogens with zero attached hydrogens (tertiary/aromatic N) is 1. The van der Waals surface area contributed by atoms with Gasteiger partial charge in [-0.2, -0.15) is 0 Å². The highest BCUT2D eigenvalue weighted by molar-refractivity contribution is 5.47. The summed E-state index contributed by atoms with van der Waals surface area (Å²) >= 11 is 0. The molecule has 0 amide bonds. The van der Waals surface area contributed by atoms with Gasteiger partial charge in [-0.25, -0.2) is 0 Å². The van der Waals surface area contributed by atoms with Crippen molar-refractivity contribution in [2.45, 2.75) is 25.2 Å². The topological polar surface area (TPSA) is 43.1 Å². The third-order valence-electron chi connectivity index (χ3n) is 2.69. The van der Waals surface area contributed by atoms with Crippen molar-refractivity contribution < 1.29 is 4.92 Å². The number of nitro groups is 1. The molecule has 1 aromatic carbocycles. The molecule has 1 aromatic rings. The Balaban J connectivity index is 2.38. The Morgan fingerprint density at radius 1 is 1.53 bits per heavy atom. The predicted molar refractivity (Wildman–Crippen MR) is 59.0 cm³/mol. The van der Waals surface area contributed by atoms with Crippen LogP contribution < -0.4 is 0 Å². The Morgan fingerprint density at radius 2 is 2.27 bits per heavy atom. The maximum Gasteiger partial charge on any atom is 0.273 e. The van der Waals surface area contributed by atoms with E-state index in [2.05, 4.69) is 6.58 Å². The largest absolute Gasteiger partial charge is 0.273 e. The lowest BCUT2D eigenvalue weighted by atomic mass is 10.0. The molecule has 0 heterocycles. The summed E-state index contributed by atoms with van der Waals surface area (Å²) in [5.41, 5.74) is 2.13. The smallest absolute Gasteiger partial charge is 0.258 e. The molecular formula is C12H13NO2. The quantitative estimate of drug-likeness (QED) is 0.428. The number of rotatable bonds is 4. The van der Waals surface area contributed by atoms with Gasteiger partial charge in [-0.05, 0) is 30.7 Å². The Labute approximate surface area is 88.6 Å². The van der Waals surface area contributed by atoms with Crippen LogP contribution in [0, 0.1) is 10.1 Å². The first kappa shape index (κ1) is 9.90. The van der Waals surface area contributed by atoms with Crippen LogP contribution >= 0.6 is 0 Å². The van der Waals surface area contributed by atoms with Gasteiger partial charge in [-0.15, -0.1) is 6.58 Å². The van der Waals surface area contributed by atoms with E-state index in [9.17, 15) is 10.1 Å². The second kappa shape index (κ2) is 3.85. The lowest BCUT2D eigenvalue weighted by Crippen LogP contribution is -1.95. The van der Waals surface area contributed by atoms with Crippen LogP contribution in [0.25, 0.3) is 0 Å². The maximum atomic E-state index is 10.9. The second-order valence-electron chi connectivity index (χ2n) is 3.92. The highest BCUT2D eigenvalue weighted by Gasteiger charge is 2.30. The molecule has 0 N–H and O–H groups in total. The summed E-state index contributed by atoms with van der Waals surface area (Å²) in [6.45, 7) is 3.63. The summed E-state index contributed by atoms with van der Waals surface area (Å²) in [5.74, 6) is 0.420. The molecule has 0 radical (unpaired) electrons. The van der Waals surface area contributed by atoms with Gasteiger partial charge in [0.25, 0.3) is 5.69 Å². The zero-order valence-electron chi connectivity index (χ0n) is 8.48. The number of nitro benzene ring substituents is 1. The summed E-state index contributed by atoms with van der Waals surface area (Å²) in [4.78, 5) is 10.6. The van der Waals surface area contributed by atoms with Crippen LogP contribution in [0.4, 0.5) is 5.69 Å². The van der Waals surface area contributed by atoms with Gasteiger partial charge in [0.1, 0.15) is 0 Å². The van der Waals surface area contributed by atoms with Crippen LogP contribution in [-0.4, -0.2) is 4.92 Å². The molecule has 3 heteroatoms. The predicted octanol–water partition coefficient (Wildman–Crippen LogP) is 3.20. The zero-order chi connectivity index (χ0) is 10.8. The van der Waals surface area contributed by atoms with E-state index in [4.69, 9.17) is 0 Å². The average Bonchev–Trinajstić information content (AvgIpc) is 3.01. The van der Waals surface area contributed by atoms with Crippen molar-refractivity contribution in [3.63, 3.8) is 0 Å². The molecule has 1 fully saturated rings. The van der Waals surface area contributed by atoms with Crippen LogP contribution in [0.5, 0.6) is 0 Å². The second-order valence-corrected chi connectivity index (χ2v) is 3.92. The molecule has 78 valence electrons. The molecule has 0 aliphatic heterocycles. The Kier molecular flexibility index (Phi) is 2.54. The van der Waals surface area contributed by atoms with E-state index in [0.717, 1.165) is 24.0 Å². The van der Waals surface area contributed by atoms with E-state index in [-0.39, 0.29) is 10.6 Å². The van der Waals surface area contributed by atoms with Crippen molar-refractivity contribution >= 4 is 5.69 Å².